The van der Waals surface area contributed by atoms with Gasteiger partial charge in [0.2, 0.25) is 0 Å². The Morgan fingerprint density at radius 3 is 2.86 bits per heavy atom. The van der Waals surface area contributed by atoms with Gasteiger partial charge in [0.25, 0.3) is 0 Å². The summed E-state index contributed by atoms with van der Waals surface area (Å²) in [5, 5.41) is 13.4. The Morgan fingerprint density at radius 2 is 2.10 bits per heavy atom. The molecule has 2 aromatic rings. The Morgan fingerprint density at radius 1 is 1.29 bits per heavy atom. The average Bonchev–Trinajstić information content (AvgIpc) is 2.96. The van der Waals surface area contributed by atoms with Crippen LogP contribution in [0.3, 0.4) is 0 Å². The van der Waals surface area contributed by atoms with Gasteiger partial charge in [0.1, 0.15) is 5.69 Å². The maximum atomic E-state index is 9.26. The lowest BCUT2D eigenvalue weighted by molar-refractivity contribution is -0.0985. The fraction of sp³-hybridized carbons (Fsp3) is 0.438. The summed E-state index contributed by atoms with van der Waals surface area (Å²) in [5.74, 6) is 0.833. The Bertz CT molecular complexity index is 570. The van der Waals surface area contributed by atoms with Gasteiger partial charge in [0.15, 0.2) is 5.76 Å². The zero-order chi connectivity index (χ0) is 14.7. The van der Waals surface area contributed by atoms with E-state index < -0.39 is 0 Å². The number of aromatic nitrogens is 1. The summed E-state index contributed by atoms with van der Waals surface area (Å²) in [5.41, 5.74) is 1.90. The van der Waals surface area contributed by atoms with Crippen molar-refractivity contribution in [2.75, 3.05) is 19.7 Å². The van der Waals surface area contributed by atoms with E-state index in [9.17, 15) is 5.11 Å². The molecule has 1 saturated heterocycles. The predicted octanol–water partition coefficient (Wildman–Crippen LogP) is 1.92. The molecule has 5 heteroatoms. The molecule has 1 aromatic carbocycles. The number of aliphatic hydroxyl groups is 1. The third-order valence-corrected chi connectivity index (χ3v) is 3.61. The summed E-state index contributed by atoms with van der Waals surface area (Å²) in [6, 6.07) is 12.0. The van der Waals surface area contributed by atoms with E-state index in [1.165, 1.54) is 0 Å². The largest absolute Gasteiger partial charge is 0.394 e. The Balaban J connectivity index is 1.67. The molecule has 0 spiro atoms. The van der Waals surface area contributed by atoms with Crippen LogP contribution in [0.4, 0.5) is 0 Å². The van der Waals surface area contributed by atoms with Crippen LogP contribution in [-0.2, 0) is 11.3 Å². The fourth-order valence-electron chi connectivity index (χ4n) is 2.72. The zero-order valence-electron chi connectivity index (χ0n) is 12.1. The van der Waals surface area contributed by atoms with Crippen LogP contribution in [0.1, 0.15) is 12.7 Å². The van der Waals surface area contributed by atoms with Gasteiger partial charge in [-0.15, -0.1) is 0 Å². The van der Waals surface area contributed by atoms with Crippen molar-refractivity contribution in [2.24, 2.45) is 0 Å². The minimum absolute atomic E-state index is 0.0481. The standard InChI is InChI=1S/C16H20N2O3/c1-12-8-18(10-15(11-19)20-12)9-14-7-16(17-21-14)13-5-3-2-4-6-13/h2-7,12,15,19H,8-11H2,1H3. The first-order chi connectivity index (χ1) is 10.2. The molecular weight excluding hydrogens is 268 g/mol. The quantitative estimate of drug-likeness (QED) is 0.931. The van der Waals surface area contributed by atoms with Crippen LogP contribution in [0.15, 0.2) is 40.9 Å². The highest BCUT2D eigenvalue weighted by Gasteiger charge is 2.25. The summed E-state index contributed by atoms with van der Waals surface area (Å²) < 4.78 is 11.1. The van der Waals surface area contributed by atoms with Gasteiger partial charge < -0.3 is 14.4 Å². The SMILES string of the molecule is CC1CN(Cc2cc(-c3ccccc3)no2)CC(CO)O1. The molecule has 0 saturated carbocycles. The van der Waals surface area contributed by atoms with Crippen LogP contribution in [0, 0.1) is 0 Å². The van der Waals surface area contributed by atoms with Crippen LogP contribution in [0.25, 0.3) is 11.3 Å². The second kappa shape index (κ2) is 6.39. The molecule has 21 heavy (non-hydrogen) atoms. The van der Waals surface area contributed by atoms with E-state index in [1.54, 1.807) is 0 Å². The smallest absolute Gasteiger partial charge is 0.151 e. The maximum absolute atomic E-state index is 9.26. The van der Waals surface area contributed by atoms with E-state index in [4.69, 9.17) is 9.26 Å². The number of ether oxygens (including phenoxy) is 1. The molecule has 1 aromatic heterocycles. The first-order valence-electron chi connectivity index (χ1n) is 7.24. The van der Waals surface area contributed by atoms with E-state index in [2.05, 4.69) is 10.1 Å². The number of rotatable bonds is 4. The van der Waals surface area contributed by atoms with Gasteiger partial charge in [-0.05, 0) is 6.92 Å². The molecule has 0 amide bonds. The molecule has 3 rings (SSSR count). The highest BCUT2D eigenvalue weighted by molar-refractivity contribution is 5.58. The van der Waals surface area contributed by atoms with Crippen molar-refractivity contribution in [3.63, 3.8) is 0 Å². The Kier molecular flexibility index (Phi) is 4.34. The molecule has 2 heterocycles. The molecule has 1 aliphatic heterocycles. The van der Waals surface area contributed by atoms with Gasteiger partial charge in [-0.1, -0.05) is 35.5 Å². The summed E-state index contributed by atoms with van der Waals surface area (Å²) in [6.45, 7) is 4.29. The van der Waals surface area contributed by atoms with Crippen molar-refractivity contribution >= 4 is 0 Å². The van der Waals surface area contributed by atoms with Crippen molar-refractivity contribution in [3.05, 3.63) is 42.2 Å². The van der Waals surface area contributed by atoms with E-state index >= 15 is 0 Å². The zero-order valence-corrected chi connectivity index (χ0v) is 12.1. The van der Waals surface area contributed by atoms with Crippen LogP contribution >= 0.6 is 0 Å². The molecule has 1 aliphatic rings. The third kappa shape index (κ3) is 3.50. The lowest BCUT2D eigenvalue weighted by atomic mass is 10.1. The van der Waals surface area contributed by atoms with Gasteiger partial charge in [-0.3, -0.25) is 4.90 Å². The molecule has 0 bridgehead atoms. The van der Waals surface area contributed by atoms with Crippen molar-refractivity contribution in [2.45, 2.75) is 25.7 Å². The van der Waals surface area contributed by atoms with Crippen LogP contribution in [-0.4, -0.2) is 47.1 Å². The number of nitrogens with zero attached hydrogens (tertiary/aromatic N) is 2. The molecule has 112 valence electrons. The first kappa shape index (κ1) is 14.3. The number of hydrogen-bond donors (Lipinski definition) is 1. The molecular formula is C16H20N2O3. The van der Waals surface area contributed by atoms with Gasteiger partial charge in [-0.2, -0.15) is 0 Å². The number of morpholine rings is 1. The number of aliphatic hydroxyl groups excluding tert-OH is 1. The van der Waals surface area contributed by atoms with Crippen LogP contribution in [0.5, 0.6) is 0 Å². The van der Waals surface area contributed by atoms with Crippen molar-refractivity contribution in [3.8, 4) is 11.3 Å². The van der Waals surface area contributed by atoms with E-state index in [0.29, 0.717) is 13.1 Å². The highest BCUT2D eigenvalue weighted by Crippen LogP contribution is 2.20. The summed E-state index contributed by atoms with van der Waals surface area (Å²) >= 11 is 0. The average molecular weight is 288 g/mol. The van der Waals surface area contributed by atoms with Crippen molar-refractivity contribution in [1.29, 1.82) is 0 Å². The van der Waals surface area contributed by atoms with Crippen LogP contribution in [0.2, 0.25) is 0 Å². The molecule has 1 fully saturated rings. The normalized spacial score (nSPS) is 23.3. The Hall–Kier alpha value is -1.69. The molecule has 2 unspecified atom stereocenters. The Labute approximate surface area is 124 Å². The minimum Gasteiger partial charge on any atom is -0.394 e. The molecule has 0 aliphatic carbocycles. The molecule has 2 atom stereocenters. The molecule has 0 radical (unpaired) electrons. The lowest BCUT2D eigenvalue weighted by Crippen LogP contribution is -2.47. The van der Waals surface area contributed by atoms with Gasteiger partial charge in [-0.25, -0.2) is 0 Å². The van der Waals surface area contributed by atoms with Crippen molar-refractivity contribution in [1.82, 2.24) is 10.1 Å². The van der Waals surface area contributed by atoms with E-state index in [0.717, 1.165) is 23.6 Å². The third-order valence-electron chi connectivity index (χ3n) is 3.61. The summed E-state index contributed by atoms with van der Waals surface area (Å²) in [7, 11) is 0. The highest BCUT2D eigenvalue weighted by atomic mass is 16.5. The van der Waals surface area contributed by atoms with E-state index in [1.807, 2.05) is 43.3 Å². The monoisotopic (exact) mass is 288 g/mol. The van der Waals surface area contributed by atoms with Gasteiger partial charge >= 0.3 is 0 Å². The fourth-order valence-corrected chi connectivity index (χ4v) is 2.72. The van der Waals surface area contributed by atoms with Crippen molar-refractivity contribution < 1.29 is 14.4 Å². The predicted molar refractivity (Wildman–Crippen MR) is 78.6 cm³/mol. The van der Waals surface area contributed by atoms with Gasteiger partial charge in [0, 0.05) is 24.7 Å². The first-order valence-corrected chi connectivity index (χ1v) is 7.24. The molecule has 5 nitrogen and oxygen atoms in total. The second-order valence-electron chi connectivity index (χ2n) is 5.49. The maximum Gasteiger partial charge on any atom is 0.151 e. The number of hydrogen-bond acceptors (Lipinski definition) is 5. The molecule has 1 N–H and O–H groups in total. The number of benzene rings is 1. The second-order valence-corrected chi connectivity index (χ2v) is 5.49. The van der Waals surface area contributed by atoms with Crippen LogP contribution < -0.4 is 0 Å². The minimum atomic E-state index is -0.120. The topological polar surface area (TPSA) is 58.7 Å². The van der Waals surface area contributed by atoms with Gasteiger partial charge in [0.05, 0.1) is 25.4 Å². The van der Waals surface area contributed by atoms with E-state index in [-0.39, 0.29) is 18.8 Å². The lowest BCUT2D eigenvalue weighted by Gasteiger charge is -2.35. The summed E-state index contributed by atoms with van der Waals surface area (Å²) in [4.78, 5) is 2.23. The summed E-state index contributed by atoms with van der Waals surface area (Å²) in [6.07, 6.45) is -0.00215.